The minimum absolute atomic E-state index is 0.107. The zero-order valence-electron chi connectivity index (χ0n) is 69.2. The average molecular weight is 1540 g/mol. The first-order valence-electron chi connectivity index (χ1n) is 44.5. The number of ether oxygens (including phenoxy) is 4. The lowest BCUT2D eigenvalue weighted by Crippen LogP contribution is -2.30. The quantitative estimate of drug-likeness (QED) is 0.0222. The Morgan fingerprint density at radius 3 is 0.676 bits per heavy atom. The molecule has 0 rings (SSSR count). The van der Waals surface area contributed by atoms with Gasteiger partial charge in [-0.05, 0) is 43.4 Å². The summed E-state index contributed by atoms with van der Waals surface area (Å²) in [5.41, 5.74) is 0. The van der Waals surface area contributed by atoms with Crippen molar-refractivity contribution in [3.8, 4) is 0 Å². The fraction of sp³-hybridized carbons (Fsp3) is 0.953. The highest BCUT2D eigenvalue weighted by molar-refractivity contribution is 7.47. The van der Waals surface area contributed by atoms with E-state index in [1.54, 1.807) is 0 Å². The summed E-state index contributed by atoms with van der Waals surface area (Å²) < 4.78 is 68.9. The highest BCUT2D eigenvalue weighted by Gasteiger charge is 2.31. The lowest BCUT2D eigenvalue weighted by molar-refractivity contribution is -0.161. The van der Waals surface area contributed by atoms with Crippen LogP contribution in [0.4, 0.5) is 0 Å². The predicted octanol–water partition coefficient (Wildman–Crippen LogP) is 26.1. The fourth-order valence-electron chi connectivity index (χ4n) is 13.3. The highest BCUT2D eigenvalue weighted by Crippen LogP contribution is 2.45. The Bertz CT molecular complexity index is 2030. The van der Waals surface area contributed by atoms with Crippen molar-refractivity contribution in [2.75, 3.05) is 39.6 Å². The van der Waals surface area contributed by atoms with Crippen LogP contribution in [0.3, 0.4) is 0 Å². The summed E-state index contributed by atoms with van der Waals surface area (Å²) in [6.07, 6.45) is 66.5. The summed E-state index contributed by atoms with van der Waals surface area (Å²) in [5, 5.41) is 10.7. The van der Waals surface area contributed by atoms with E-state index in [4.69, 9.17) is 37.0 Å². The molecule has 0 aromatic heterocycles. The van der Waals surface area contributed by atoms with Crippen molar-refractivity contribution in [1.82, 2.24) is 0 Å². The zero-order chi connectivity index (χ0) is 77.2. The molecule has 0 heterocycles. The van der Waals surface area contributed by atoms with Crippen molar-refractivity contribution in [1.29, 1.82) is 0 Å². The molecule has 0 aromatic rings. The molecule has 17 nitrogen and oxygen atoms in total. The Morgan fingerprint density at radius 1 is 0.267 bits per heavy atom. The molecule has 0 saturated carbocycles. The van der Waals surface area contributed by atoms with Crippen LogP contribution in [0.5, 0.6) is 0 Å². The Kier molecular flexibility index (Phi) is 74.7. The number of hydrogen-bond acceptors (Lipinski definition) is 15. The van der Waals surface area contributed by atoms with E-state index < -0.39 is 97.5 Å². The van der Waals surface area contributed by atoms with Gasteiger partial charge in [0.25, 0.3) is 0 Å². The molecule has 105 heavy (non-hydrogen) atoms. The maximum Gasteiger partial charge on any atom is 0.472 e. The second kappa shape index (κ2) is 76.1. The SMILES string of the molecule is CCCCCCCCCCCCCCCCCCCCCC(=O)O[C@H](COC(=O)CCCCCCCCCCCCCCCCC(C)CC)COP(=O)(O)OC[C@@H](O)COP(=O)(O)OC[C@@H](COC(=O)CCCCCCCCC(C)CC)OC(=O)CCCCCCCCCCCCCCCCC(C)CC. The summed E-state index contributed by atoms with van der Waals surface area (Å²) in [7, 11) is -9.93. The molecular weight excluding hydrogens is 1370 g/mol. The number of carbonyl (C=O) groups excluding carboxylic acids is 4. The van der Waals surface area contributed by atoms with E-state index in [2.05, 4.69) is 48.5 Å². The number of esters is 4. The van der Waals surface area contributed by atoms with Crippen molar-refractivity contribution in [2.24, 2.45) is 17.8 Å². The smallest absolute Gasteiger partial charge is 0.462 e. The van der Waals surface area contributed by atoms with Crippen LogP contribution in [0, 0.1) is 17.8 Å². The largest absolute Gasteiger partial charge is 0.472 e. The van der Waals surface area contributed by atoms with Gasteiger partial charge < -0.3 is 33.8 Å². The summed E-state index contributed by atoms with van der Waals surface area (Å²) in [6, 6.07) is 0. The van der Waals surface area contributed by atoms with Crippen LogP contribution in [0.15, 0.2) is 0 Å². The fourth-order valence-corrected chi connectivity index (χ4v) is 14.9. The lowest BCUT2D eigenvalue weighted by atomic mass is 9.99. The Balaban J connectivity index is 5.24. The van der Waals surface area contributed by atoms with Crippen molar-refractivity contribution in [3.05, 3.63) is 0 Å². The van der Waals surface area contributed by atoms with Gasteiger partial charge in [-0.25, -0.2) is 9.13 Å². The lowest BCUT2D eigenvalue weighted by Gasteiger charge is -2.21. The Morgan fingerprint density at radius 2 is 0.457 bits per heavy atom. The number of phosphoric ester groups is 2. The summed E-state index contributed by atoms with van der Waals surface area (Å²) >= 11 is 0. The third kappa shape index (κ3) is 75.9. The summed E-state index contributed by atoms with van der Waals surface area (Å²) in [6.45, 7) is 12.0. The molecule has 0 aliphatic carbocycles. The maximum absolute atomic E-state index is 13.1. The molecule has 3 N–H and O–H groups in total. The van der Waals surface area contributed by atoms with Gasteiger partial charge in [0.2, 0.25) is 0 Å². The first-order valence-corrected chi connectivity index (χ1v) is 47.5. The van der Waals surface area contributed by atoms with E-state index in [9.17, 15) is 43.2 Å². The average Bonchev–Trinajstić information content (AvgIpc) is 0.950. The number of hydrogen-bond donors (Lipinski definition) is 3. The third-order valence-corrected chi connectivity index (χ3v) is 23.1. The van der Waals surface area contributed by atoms with Crippen LogP contribution in [0.2, 0.25) is 0 Å². The monoisotopic (exact) mass is 1540 g/mol. The van der Waals surface area contributed by atoms with Gasteiger partial charge in [-0.1, -0.05) is 402 Å². The zero-order valence-corrected chi connectivity index (χ0v) is 71.0. The van der Waals surface area contributed by atoms with Crippen molar-refractivity contribution < 1.29 is 80.2 Å². The van der Waals surface area contributed by atoms with E-state index in [-0.39, 0.29) is 25.7 Å². The molecule has 8 atom stereocenters. The number of aliphatic hydroxyl groups excluding tert-OH is 1. The van der Waals surface area contributed by atoms with Crippen LogP contribution < -0.4 is 0 Å². The minimum Gasteiger partial charge on any atom is -0.462 e. The van der Waals surface area contributed by atoms with Crippen molar-refractivity contribution in [2.45, 2.75) is 471 Å². The Labute approximate surface area is 645 Å². The normalized spacial score (nSPS) is 14.6. The number of unbranched alkanes of at least 4 members (excludes halogenated alkanes) is 49. The topological polar surface area (TPSA) is 237 Å². The van der Waals surface area contributed by atoms with Crippen molar-refractivity contribution >= 4 is 39.5 Å². The number of phosphoric acid groups is 2. The van der Waals surface area contributed by atoms with Gasteiger partial charge in [-0.15, -0.1) is 0 Å². The van der Waals surface area contributed by atoms with Gasteiger partial charge >= 0.3 is 39.5 Å². The summed E-state index contributed by atoms with van der Waals surface area (Å²) in [4.78, 5) is 73.2. The number of rotatable bonds is 84. The molecule has 0 radical (unpaired) electrons. The van der Waals surface area contributed by atoms with Crippen molar-refractivity contribution in [3.63, 3.8) is 0 Å². The Hall–Kier alpha value is -1.94. The molecule has 0 saturated heterocycles. The molecule has 0 aromatic carbocycles. The molecule has 624 valence electrons. The molecule has 0 aliphatic heterocycles. The van der Waals surface area contributed by atoms with Crippen LogP contribution >= 0.6 is 15.6 Å². The first-order chi connectivity index (χ1) is 50.8. The van der Waals surface area contributed by atoms with Crippen LogP contribution in [-0.2, 0) is 65.4 Å². The van der Waals surface area contributed by atoms with Gasteiger partial charge in [0.1, 0.15) is 19.3 Å². The summed E-state index contributed by atoms with van der Waals surface area (Å²) in [5.74, 6) is 0.321. The highest BCUT2D eigenvalue weighted by atomic mass is 31.2. The number of aliphatic hydroxyl groups is 1. The van der Waals surface area contributed by atoms with Gasteiger partial charge in [0.05, 0.1) is 26.4 Å². The number of carbonyl (C=O) groups is 4. The maximum atomic E-state index is 13.1. The minimum atomic E-state index is -4.97. The van der Waals surface area contributed by atoms with Gasteiger partial charge in [0.15, 0.2) is 12.2 Å². The molecular formula is C86H168O17P2. The molecule has 5 unspecified atom stereocenters. The second-order valence-corrected chi connectivity index (χ2v) is 34.6. The van der Waals surface area contributed by atoms with Crippen LogP contribution in [0.1, 0.15) is 453 Å². The van der Waals surface area contributed by atoms with E-state index in [0.717, 1.165) is 114 Å². The molecule has 0 fully saturated rings. The molecule has 19 heteroatoms. The predicted molar refractivity (Wildman–Crippen MR) is 432 cm³/mol. The van der Waals surface area contributed by atoms with Gasteiger partial charge in [0, 0.05) is 25.7 Å². The standard InChI is InChI=1S/C86H168O17P2/c1-8-12-13-14-15-16-17-18-19-20-21-22-23-31-36-41-46-55-62-69-85(90)102-81(73-96-83(88)67-60-53-45-40-35-30-26-24-28-33-38-43-50-57-64-77(5)9-2)75-100-104(92,93)98-71-80(87)72-99-105(94,95)101-76-82(74-97-84(89)68-61-54-49-48-52-59-66-79(7)11-4)103-86(91)70-63-56-47-42-37-32-27-25-29-34-39-44-51-58-65-78(6)10-3/h77-82,87H,8-76H2,1-7H3,(H,92,93)(H,94,95)/t77?,78?,79?,80-,81-,82-/m1/s1. The van der Waals surface area contributed by atoms with E-state index >= 15 is 0 Å². The van der Waals surface area contributed by atoms with Crippen LogP contribution in [0.25, 0.3) is 0 Å². The van der Waals surface area contributed by atoms with Crippen LogP contribution in [-0.4, -0.2) is 96.7 Å². The van der Waals surface area contributed by atoms with E-state index in [0.29, 0.717) is 25.7 Å². The molecule has 0 amide bonds. The van der Waals surface area contributed by atoms with E-state index in [1.807, 2.05) is 0 Å². The second-order valence-electron chi connectivity index (χ2n) is 31.7. The van der Waals surface area contributed by atoms with E-state index in [1.165, 1.54) is 257 Å². The first kappa shape index (κ1) is 103. The van der Waals surface area contributed by atoms with Gasteiger partial charge in [-0.3, -0.25) is 37.3 Å². The van der Waals surface area contributed by atoms with Gasteiger partial charge in [-0.2, -0.15) is 0 Å². The third-order valence-electron chi connectivity index (χ3n) is 21.2. The molecule has 0 aliphatic rings. The molecule has 0 spiro atoms. The molecule has 0 bridgehead atoms.